The molecule has 2 rings (SSSR count). The smallest absolute Gasteiger partial charge is 0.142 e. The Morgan fingerprint density at radius 3 is 3.12 bits per heavy atom. The van der Waals surface area contributed by atoms with Crippen molar-refractivity contribution in [2.24, 2.45) is 0 Å². The maximum Gasteiger partial charge on any atom is 0.142 e. The van der Waals surface area contributed by atoms with Gasteiger partial charge in [0.1, 0.15) is 5.75 Å². The molecule has 3 nitrogen and oxygen atoms in total. The lowest BCUT2D eigenvalue weighted by atomic mass is 10.2. The molecule has 1 heterocycles. The summed E-state index contributed by atoms with van der Waals surface area (Å²) in [5.74, 6) is 0.836. The van der Waals surface area contributed by atoms with E-state index >= 15 is 0 Å². The fraction of sp³-hybridized carbons (Fsp3) is 0.500. The van der Waals surface area contributed by atoms with Crippen LogP contribution in [0.25, 0.3) is 0 Å². The zero-order valence-corrected chi connectivity index (χ0v) is 10.2. The van der Waals surface area contributed by atoms with Crippen molar-refractivity contribution in [1.29, 1.82) is 0 Å². The van der Waals surface area contributed by atoms with E-state index in [-0.39, 0.29) is 0 Å². The van der Waals surface area contributed by atoms with Crippen LogP contribution in [0.4, 0.5) is 5.69 Å². The lowest BCUT2D eigenvalue weighted by Crippen LogP contribution is -2.29. The van der Waals surface area contributed by atoms with E-state index in [1.807, 2.05) is 18.2 Å². The third kappa shape index (κ3) is 2.80. The second-order valence-electron chi connectivity index (χ2n) is 4.02. The van der Waals surface area contributed by atoms with Crippen molar-refractivity contribution in [3.05, 3.63) is 23.2 Å². The van der Waals surface area contributed by atoms with E-state index in [1.165, 1.54) is 12.8 Å². The minimum atomic E-state index is 0.559. The van der Waals surface area contributed by atoms with E-state index < -0.39 is 0 Å². The quantitative estimate of drug-likeness (QED) is 0.849. The summed E-state index contributed by atoms with van der Waals surface area (Å²) >= 11 is 5.96. The van der Waals surface area contributed by atoms with E-state index in [0.717, 1.165) is 29.5 Å². The number of nitrogens with one attached hydrogen (secondary N) is 2. The number of benzene rings is 1. The maximum absolute atomic E-state index is 5.96. The van der Waals surface area contributed by atoms with E-state index in [1.54, 1.807) is 7.11 Å². The first-order chi connectivity index (χ1) is 7.79. The number of hydrogen-bond acceptors (Lipinski definition) is 3. The average Bonchev–Trinajstić information content (AvgIpc) is 2.79. The Morgan fingerprint density at radius 2 is 2.44 bits per heavy atom. The molecule has 4 heteroatoms. The number of rotatable bonds is 4. The van der Waals surface area contributed by atoms with Crippen LogP contribution in [0, 0.1) is 0 Å². The average molecular weight is 241 g/mol. The minimum Gasteiger partial charge on any atom is -0.495 e. The Bertz CT molecular complexity index is 351. The zero-order chi connectivity index (χ0) is 11.4. The summed E-state index contributed by atoms with van der Waals surface area (Å²) in [5, 5.41) is 7.54. The molecule has 0 amide bonds. The van der Waals surface area contributed by atoms with Crippen molar-refractivity contribution in [3.8, 4) is 5.75 Å². The van der Waals surface area contributed by atoms with Gasteiger partial charge in [-0.25, -0.2) is 0 Å². The number of anilines is 1. The second-order valence-corrected chi connectivity index (χ2v) is 4.46. The third-order valence-corrected chi connectivity index (χ3v) is 3.10. The molecule has 1 fully saturated rings. The van der Waals surface area contributed by atoms with Crippen molar-refractivity contribution in [3.63, 3.8) is 0 Å². The van der Waals surface area contributed by atoms with Crippen molar-refractivity contribution in [1.82, 2.24) is 5.32 Å². The highest BCUT2D eigenvalue weighted by atomic mass is 35.5. The van der Waals surface area contributed by atoms with Crippen molar-refractivity contribution < 1.29 is 4.74 Å². The molecular formula is C12H17ClN2O. The van der Waals surface area contributed by atoms with Gasteiger partial charge in [-0.3, -0.25) is 0 Å². The fourth-order valence-corrected chi connectivity index (χ4v) is 2.15. The number of halogens is 1. The summed E-state index contributed by atoms with van der Waals surface area (Å²) in [4.78, 5) is 0. The highest BCUT2D eigenvalue weighted by Gasteiger charge is 2.14. The van der Waals surface area contributed by atoms with E-state index in [2.05, 4.69) is 10.6 Å². The van der Waals surface area contributed by atoms with Crippen LogP contribution in [0.2, 0.25) is 5.02 Å². The van der Waals surface area contributed by atoms with Gasteiger partial charge in [-0.15, -0.1) is 0 Å². The van der Waals surface area contributed by atoms with Gasteiger partial charge < -0.3 is 15.4 Å². The number of hydrogen-bond donors (Lipinski definition) is 2. The third-order valence-electron chi connectivity index (χ3n) is 2.86. The lowest BCUT2D eigenvalue weighted by molar-refractivity contribution is 0.416. The lowest BCUT2D eigenvalue weighted by Gasteiger charge is -2.15. The van der Waals surface area contributed by atoms with Crippen molar-refractivity contribution >= 4 is 17.3 Å². The van der Waals surface area contributed by atoms with Gasteiger partial charge in [0.25, 0.3) is 0 Å². The van der Waals surface area contributed by atoms with Crippen molar-refractivity contribution in [2.45, 2.75) is 18.9 Å². The van der Waals surface area contributed by atoms with Crippen LogP contribution in [0.5, 0.6) is 5.75 Å². The largest absolute Gasteiger partial charge is 0.495 e. The van der Waals surface area contributed by atoms with Gasteiger partial charge in [0.15, 0.2) is 0 Å². The Morgan fingerprint density at radius 1 is 1.56 bits per heavy atom. The molecule has 16 heavy (non-hydrogen) atoms. The summed E-state index contributed by atoms with van der Waals surface area (Å²) < 4.78 is 5.27. The normalized spacial score (nSPS) is 19.8. The standard InChI is InChI=1S/C12H17ClN2O/c1-16-12-5-4-9(13)7-11(12)15-8-10-3-2-6-14-10/h4-5,7,10,14-15H,2-3,6,8H2,1H3. The minimum absolute atomic E-state index is 0.559. The monoisotopic (exact) mass is 240 g/mol. The van der Waals surface area contributed by atoms with Gasteiger partial charge in [-0.2, -0.15) is 0 Å². The summed E-state index contributed by atoms with van der Waals surface area (Å²) in [6.07, 6.45) is 2.49. The second kappa shape index (κ2) is 5.41. The molecule has 0 radical (unpaired) electrons. The van der Waals surface area contributed by atoms with Gasteiger partial charge in [0, 0.05) is 17.6 Å². The maximum atomic E-state index is 5.96. The highest BCUT2D eigenvalue weighted by Crippen LogP contribution is 2.27. The van der Waals surface area contributed by atoms with E-state index in [0.29, 0.717) is 6.04 Å². The molecule has 1 saturated heterocycles. The van der Waals surface area contributed by atoms with Crippen molar-refractivity contribution in [2.75, 3.05) is 25.5 Å². The Balaban J connectivity index is 1.98. The molecule has 1 aliphatic heterocycles. The Hall–Kier alpha value is -0.930. The summed E-state index contributed by atoms with van der Waals surface area (Å²) in [5.41, 5.74) is 0.962. The summed E-state index contributed by atoms with van der Waals surface area (Å²) in [7, 11) is 1.67. The number of methoxy groups -OCH3 is 1. The molecule has 0 bridgehead atoms. The van der Waals surface area contributed by atoms with Crippen LogP contribution < -0.4 is 15.4 Å². The Labute approximate surface area is 101 Å². The molecule has 1 aromatic rings. The molecule has 0 aromatic heterocycles. The van der Waals surface area contributed by atoms with Crippen LogP contribution in [0.15, 0.2) is 18.2 Å². The van der Waals surface area contributed by atoms with Gasteiger partial charge >= 0.3 is 0 Å². The topological polar surface area (TPSA) is 33.3 Å². The number of ether oxygens (including phenoxy) is 1. The molecule has 2 N–H and O–H groups in total. The summed E-state index contributed by atoms with van der Waals surface area (Å²) in [6, 6.07) is 6.17. The molecule has 0 spiro atoms. The Kier molecular flexibility index (Phi) is 3.91. The predicted molar refractivity (Wildman–Crippen MR) is 67.5 cm³/mol. The SMILES string of the molecule is COc1ccc(Cl)cc1NCC1CCCN1. The molecule has 1 aromatic carbocycles. The van der Waals surface area contributed by atoms with Crippen LogP contribution in [0.3, 0.4) is 0 Å². The van der Waals surface area contributed by atoms with Gasteiger partial charge in [0.2, 0.25) is 0 Å². The van der Waals surface area contributed by atoms with Crippen LogP contribution in [-0.4, -0.2) is 26.2 Å². The first-order valence-electron chi connectivity index (χ1n) is 5.60. The van der Waals surface area contributed by atoms with Gasteiger partial charge in [-0.1, -0.05) is 11.6 Å². The fourth-order valence-electron chi connectivity index (χ4n) is 1.98. The molecule has 1 aliphatic rings. The molecule has 0 saturated carbocycles. The first kappa shape index (κ1) is 11.6. The molecule has 88 valence electrons. The van der Waals surface area contributed by atoms with E-state index in [9.17, 15) is 0 Å². The van der Waals surface area contributed by atoms with Gasteiger partial charge in [0.05, 0.1) is 12.8 Å². The molecular weight excluding hydrogens is 224 g/mol. The van der Waals surface area contributed by atoms with Gasteiger partial charge in [-0.05, 0) is 37.6 Å². The molecule has 0 aliphatic carbocycles. The van der Waals surface area contributed by atoms with Crippen LogP contribution >= 0.6 is 11.6 Å². The van der Waals surface area contributed by atoms with Crippen LogP contribution in [-0.2, 0) is 0 Å². The van der Waals surface area contributed by atoms with E-state index in [4.69, 9.17) is 16.3 Å². The zero-order valence-electron chi connectivity index (χ0n) is 9.42. The highest BCUT2D eigenvalue weighted by molar-refractivity contribution is 6.30. The summed E-state index contributed by atoms with van der Waals surface area (Å²) in [6.45, 7) is 2.04. The molecule has 1 atom stereocenters. The first-order valence-corrected chi connectivity index (χ1v) is 5.98. The molecule has 1 unspecified atom stereocenters. The van der Waals surface area contributed by atoms with Crippen LogP contribution in [0.1, 0.15) is 12.8 Å². The predicted octanol–water partition coefficient (Wildman–Crippen LogP) is 2.51.